The quantitative estimate of drug-likeness (QED) is 0.129. The normalized spacial score (nSPS) is 10.1. The molecule has 0 fully saturated rings. The van der Waals surface area contributed by atoms with Gasteiger partial charge in [0.25, 0.3) is 0 Å². The van der Waals surface area contributed by atoms with Crippen LogP contribution in [-0.4, -0.2) is 25.4 Å². The third-order valence-corrected chi connectivity index (χ3v) is 7.32. The smallest absolute Gasteiger partial charge is 0.169 e. The number of rotatable bonds is 5. The maximum Gasteiger partial charge on any atom is 0.169 e. The van der Waals surface area contributed by atoms with Gasteiger partial charge >= 0.3 is 0 Å². The van der Waals surface area contributed by atoms with E-state index in [0.29, 0.717) is 11.4 Å². The van der Waals surface area contributed by atoms with Gasteiger partial charge in [-0.2, -0.15) is 5.26 Å². The van der Waals surface area contributed by atoms with E-state index in [-0.39, 0.29) is 40.2 Å². The molecule has 0 bridgehead atoms. The average Bonchev–Trinajstić information content (AvgIpc) is 3.62. The molecule has 0 aliphatic rings. The van der Waals surface area contributed by atoms with Gasteiger partial charge in [-0.3, -0.25) is 14.8 Å². The molecule has 4 aromatic carbocycles. The number of benzene rings is 4. The minimum Gasteiger partial charge on any atom is -0.339 e. The Hall–Kier alpha value is -4.24. The Balaban J connectivity index is 0.000000240. The Morgan fingerprint density at radius 1 is 0.674 bits per heavy atom. The van der Waals surface area contributed by atoms with E-state index in [1.165, 1.54) is 11.1 Å². The molecule has 0 saturated carbocycles. The van der Waals surface area contributed by atoms with E-state index in [0.717, 1.165) is 62.7 Å². The van der Waals surface area contributed by atoms with E-state index in [1.807, 2.05) is 57.7 Å². The van der Waals surface area contributed by atoms with Crippen LogP contribution in [0.5, 0.6) is 0 Å². The zero-order valence-corrected chi connectivity index (χ0v) is 31.3. The van der Waals surface area contributed by atoms with Crippen molar-refractivity contribution in [2.24, 2.45) is 0 Å². The van der Waals surface area contributed by atoms with Crippen molar-refractivity contribution < 1.29 is 45.0 Å². The number of aryl methyl sites for hydroxylation is 6. The Morgan fingerprint density at radius 3 is 1.50 bits per heavy atom. The Bertz CT molecular complexity index is 1960. The first-order valence-corrected chi connectivity index (χ1v) is 14.3. The molecular weight excluding hydrogens is 927 g/mol. The van der Waals surface area contributed by atoms with Gasteiger partial charge in [0.05, 0.1) is 11.6 Å². The molecule has 2 aromatic heterocycles. The summed E-state index contributed by atoms with van der Waals surface area (Å²) < 4.78 is 3.98. The van der Waals surface area contributed by atoms with Gasteiger partial charge in [-0.05, 0) is 63.8 Å². The van der Waals surface area contributed by atoms with Gasteiger partial charge in [0, 0.05) is 64.0 Å². The molecule has 0 amide bonds. The van der Waals surface area contributed by atoms with E-state index in [2.05, 4.69) is 94.0 Å². The maximum atomic E-state index is 11.2. The molecule has 2 radical (unpaired) electrons. The minimum atomic E-state index is 0. The van der Waals surface area contributed by atoms with Crippen molar-refractivity contribution in [3.05, 3.63) is 142 Å². The van der Waals surface area contributed by atoms with E-state index in [1.54, 1.807) is 12.4 Å². The summed E-state index contributed by atoms with van der Waals surface area (Å²) in [7, 11) is 0. The summed E-state index contributed by atoms with van der Waals surface area (Å²) in [6.45, 7) is 12.5. The Labute approximate surface area is 297 Å². The number of carbonyl (C=O) groups is 1. The van der Waals surface area contributed by atoms with E-state index in [4.69, 9.17) is 0 Å². The molecule has 0 aliphatic carbocycles. The van der Waals surface area contributed by atoms with Gasteiger partial charge in [-0.1, -0.05) is 35.4 Å². The molecule has 0 aliphatic heterocycles. The van der Waals surface area contributed by atoms with Crippen molar-refractivity contribution in [2.45, 2.75) is 41.5 Å². The van der Waals surface area contributed by atoms with Gasteiger partial charge in [-0.25, -0.2) is 0 Å². The van der Waals surface area contributed by atoms with Crippen LogP contribution < -0.4 is 0 Å². The number of carbonyl (C=O) groups excluding carboxylic acids is 1. The topological polar surface area (TPSA) is 76.5 Å². The summed E-state index contributed by atoms with van der Waals surface area (Å²) >= 11 is 0. The number of hydrogen-bond donors (Lipinski definition) is 0. The summed E-state index contributed by atoms with van der Waals surface area (Å²) in [4.78, 5) is 20.1. The fraction of sp³-hybridized carbons (Fsp3) is 0.158. The van der Waals surface area contributed by atoms with Crippen molar-refractivity contribution in [1.82, 2.24) is 19.1 Å². The predicted molar refractivity (Wildman–Crippen MR) is 174 cm³/mol. The van der Waals surface area contributed by atoms with Crippen LogP contribution in [-0.2, 0) is 40.2 Å². The first kappa shape index (κ1) is 36.2. The number of nitrogens with zero attached hydrogens (tertiary/aromatic N) is 5. The summed E-state index contributed by atoms with van der Waals surface area (Å²) in [6.07, 6.45) is 4.36. The minimum absolute atomic E-state index is 0. The van der Waals surface area contributed by atoms with Gasteiger partial charge < -0.3 is 9.13 Å². The molecule has 0 unspecified atom stereocenters. The number of hydrogen-bond acceptors (Lipinski definition) is 4. The molecule has 0 saturated heterocycles. The van der Waals surface area contributed by atoms with Gasteiger partial charge in [-0.15, -0.1) is 71.8 Å². The third kappa shape index (κ3) is 7.76. The number of imidazole rings is 2. The summed E-state index contributed by atoms with van der Waals surface area (Å²) in [6, 6.07) is 32.4. The monoisotopic (exact) mass is 961 g/mol. The molecule has 2 heterocycles. The molecule has 6 rings (SSSR count). The van der Waals surface area contributed by atoms with Crippen molar-refractivity contribution in [2.75, 3.05) is 0 Å². The number of aromatic nitrogens is 4. The van der Waals surface area contributed by atoms with E-state index >= 15 is 0 Å². The number of nitriles is 1. The van der Waals surface area contributed by atoms with Crippen LogP contribution in [0.25, 0.3) is 34.2 Å². The molecule has 236 valence electrons. The van der Waals surface area contributed by atoms with Crippen molar-refractivity contribution in [3.8, 4) is 40.2 Å². The molecule has 8 heteroatoms. The fourth-order valence-electron chi connectivity index (χ4n) is 5.78. The first-order valence-electron chi connectivity index (χ1n) is 14.3. The second-order valence-corrected chi connectivity index (χ2v) is 11.0. The average molecular weight is 960 g/mol. The Kier molecular flexibility index (Phi) is 12.5. The third-order valence-electron chi connectivity index (χ3n) is 7.32. The zero-order valence-electron chi connectivity index (χ0n) is 26.5. The zero-order chi connectivity index (χ0) is 31.4. The molecule has 6 nitrogen and oxygen atoms in total. The summed E-state index contributed by atoms with van der Waals surface area (Å²) in [5.74, 6) is 1.48. The van der Waals surface area contributed by atoms with Crippen LogP contribution in [0.2, 0.25) is 0 Å². The molecule has 0 N–H and O–H groups in total. The molecule has 0 spiro atoms. The maximum absolute atomic E-state index is 11.2. The molecule has 0 atom stereocenters. The Morgan fingerprint density at radius 2 is 1.11 bits per heavy atom. The van der Waals surface area contributed by atoms with E-state index < -0.39 is 0 Å². The van der Waals surface area contributed by atoms with Gasteiger partial charge in [0.2, 0.25) is 0 Å². The molecular formula is C38H33Ir2N5O-2. The van der Waals surface area contributed by atoms with Crippen LogP contribution >= 0.6 is 0 Å². The fourth-order valence-corrected chi connectivity index (χ4v) is 5.78. The largest absolute Gasteiger partial charge is 0.339 e. The van der Waals surface area contributed by atoms with Crippen LogP contribution in [0.4, 0.5) is 0 Å². The van der Waals surface area contributed by atoms with Crippen molar-refractivity contribution >= 4 is 6.29 Å². The summed E-state index contributed by atoms with van der Waals surface area (Å²) in [5, 5.41) is 9.22. The molecule has 6 aromatic rings. The molecule has 46 heavy (non-hydrogen) atoms. The van der Waals surface area contributed by atoms with E-state index in [9.17, 15) is 10.1 Å². The van der Waals surface area contributed by atoms with Crippen LogP contribution in [0.15, 0.2) is 85.2 Å². The number of aldehydes is 1. The predicted octanol–water partition coefficient (Wildman–Crippen LogP) is 8.21. The SMILES string of the molecule is Cc1cc(C)c(-n2cc(C#N)nc2-c2[c-]cccc2)c(C)c1.Cc1cc(C)c(-n2cc(C=O)nc2-c2[c-]cccc2)c(C)c1.[Ir].[Ir]. The summed E-state index contributed by atoms with van der Waals surface area (Å²) in [5.41, 5.74) is 11.8. The van der Waals surface area contributed by atoms with Crippen LogP contribution in [0.1, 0.15) is 49.6 Å². The van der Waals surface area contributed by atoms with Crippen molar-refractivity contribution in [3.63, 3.8) is 0 Å². The van der Waals surface area contributed by atoms with Gasteiger partial charge in [0.15, 0.2) is 6.29 Å². The van der Waals surface area contributed by atoms with Crippen LogP contribution in [0.3, 0.4) is 0 Å². The first-order chi connectivity index (χ1) is 21.2. The van der Waals surface area contributed by atoms with Crippen molar-refractivity contribution in [1.29, 1.82) is 5.26 Å². The second-order valence-electron chi connectivity index (χ2n) is 11.0. The van der Waals surface area contributed by atoms with Crippen LogP contribution in [0, 0.1) is 65.0 Å². The standard InChI is InChI=1S/C19H16N3.C19H17N2O.2Ir/c1-13-9-14(2)18(15(3)10-13)22-12-17(11-20)21-19(22)16-7-5-4-6-8-16;1-13-9-14(2)18(15(3)10-13)21-11-17(12-22)20-19(21)16-7-5-4-6-8-16;;/h4-7,9-10,12H,1-3H3;4-7,9-12H,1-3H3;;/q2*-1;;. The van der Waals surface area contributed by atoms with Gasteiger partial charge in [0.1, 0.15) is 17.5 Å². The second kappa shape index (κ2) is 15.8.